The van der Waals surface area contributed by atoms with E-state index in [1.165, 1.54) is 0 Å². The zero-order valence-electron chi connectivity index (χ0n) is 10.1. The highest BCUT2D eigenvalue weighted by Crippen LogP contribution is 2.36. The van der Waals surface area contributed by atoms with Crippen molar-refractivity contribution in [1.82, 2.24) is 0 Å². The maximum atomic E-state index is 13.5. The number of ether oxygens (including phenoxy) is 1. The lowest BCUT2D eigenvalue weighted by Crippen LogP contribution is -2.22. The van der Waals surface area contributed by atoms with Crippen molar-refractivity contribution in [3.05, 3.63) is 35.1 Å². The molecule has 0 radical (unpaired) electrons. The molecule has 0 unspecified atom stereocenters. The third kappa shape index (κ3) is 3.92. The molecule has 3 nitrogen and oxygen atoms in total. The molecule has 1 atom stereocenters. The molecule has 0 saturated heterocycles. The Morgan fingerprint density at radius 2 is 2.05 bits per heavy atom. The molecule has 0 bridgehead atoms. The fourth-order valence-electron chi connectivity index (χ4n) is 1.66. The Bertz CT molecular complexity index is 460. The van der Waals surface area contributed by atoms with Gasteiger partial charge in [0.1, 0.15) is 5.82 Å². The van der Waals surface area contributed by atoms with Crippen molar-refractivity contribution in [2.45, 2.75) is 25.6 Å². The number of benzene rings is 1. The Labute approximate surface area is 107 Å². The molecule has 0 fully saturated rings. The highest BCUT2D eigenvalue weighted by molar-refractivity contribution is 5.70. The van der Waals surface area contributed by atoms with E-state index in [1.807, 2.05) is 0 Å². The third-order valence-electron chi connectivity index (χ3n) is 2.42. The number of carbonyl (C=O) groups excluding carboxylic acids is 1. The van der Waals surface area contributed by atoms with Crippen LogP contribution in [0.2, 0.25) is 0 Å². The normalized spacial score (nSPS) is 13.2. The average molecular weight is 279 g/mol. The summed E-state index contributed by atoms with van der Waals surface area (Å²) in [4.78, 5) is 11.2. The molecule has 0 aromatic heterocycles. The first kappa shape index (κ1) is 15.4. The second kappa shape index (κ2) is 6.01. The van der Waals surface area contributed by atoms with Crippen LogP contribution in [0.4, 0.5) is 17.6 Å². The zero-order valence-corrected chi connectivity index (χ0v) is 10.1. The van der Waals surface area contributed by atoms with Crippen molar-refractivity contribution in [2.24, 2.45) is 5.73 Å². The molecule has 106 valence electrons. The number of alkyl halides is 3. The van der Waals surface area contributed by atoms with Gasteiger partial charge in [-0.2, -0.15) is 13.2 Å². The molecular formula is C12H13F4NO2. The molecular weight excluding hydrogens is 266 g/mol. The minimum absolute atomic E-state index is 0.0783. The van der Waals surface area contributed by atoms with Gasteiger partial charge in [-0.15, -0.1) is 0 Å². The largest absolute Gasteiger partial charge is 0.466 e. The van der Waals surface area contributed by atoms with Crippen LogP contribution in [-0.2, 0) is 15.7 Å². The average Bonchev–Trinajstić information content (AvgIpc) is 2.27. The first-order valence-corrected chi connectivity index (χ1v) is 5.54. The molecule has 0 heterocycles. The SMILES string of the molecule is CCOC(=O)C[C@H](N)c1c(F)cccc1C(F)(F)F. The Hall–Kier alpha value is -1.63. The maximum Gasteiger partial charge on any atom is 0.416 e. The zero-order chi connectivity index (χ0) is 14.6. The van der Waals surface area contributed by atoms with Crippen LogP contribution in [0.5, 0.6) is 0 Å². The monoisotopic (exact) mass is 279 g/mol. The number of halogens is 4. The summed E-state index contributed by atoms with van der Waals surface area (Å²) in [5, 5.41) is 0. The van der Waals surface area contributed by atoms with E-state index in [9.17, 15) is 22.4 Å². The topological polar surface area (TPSA) is 52.3 Å². The van der Waals surface area contributed by atoms with Crippen molar-refractivity contribution in [1.29, 1.82) is 0 Å². The molecule has 0 aliphatic carbocycles. The summed E-state index contributed by atoms with van der Waals surface area (Å²) in [6.45, 7) is 1.63. The minimum atomic E-state index is -4.73. The molecule has 1 aromatic carbocycles. The van der Waals surface area contributed by atoms with E-state index in [4.69, 9.17) is 5.73 Å². The Morgan fingerprint density at radius 3 is 2.58 bits per heavy atom. The van der Waals surface area contributed by atoms with Crippen LogP contribution in [0.3, 0.4) is 0 Å². The van der Waals surface area contributed by atoms with Gasteiger partial charge in [0.2, 0.25) is 0 Å². The van der Waals surface area contributed by atoms with E-state index in [1.54, 1.807) is 6.92 Å². The van der Waals surface area contributed by atoms with E-state index in [0.717, 1.165) is 18.2 Å². The van der Waals surface area contributed by atoms with E-state index in [2.05, 4.69) is 4.74 Å². The van der Waals surface area contributed by atoms with Crippen LogP contribution in [0.1, 0.15) is 30.5 Å². The summed E-state index contributed by atoms with van der Waals surface area (Å²) in [5.41, 5.74) is 3.59. The molecule has 0 spiro atoms. The molecule has 7 heteroatoms. The standard InChI is InChI=1S/C12H13F4NO2/c1-2-19-10(18)6-9(17)11-7(12(14,15)16)4-3-5-8(11)13/h3-5,9H,2,6,17H2,1H3/t9-/m0/s1. The third-order valence-corrected chi connectivity index (χ3v) is 2.42. The fraction of sp³-hybridized carbons (Fsp3) is 0.417. The number of hydrogen-bond acceptors (Lipinski definition) is 3. The Morgan fingerprint density at radius 1 is 1.42 bits per heavy atom. The lowest BCUT2D eigenvalue weighted by molar-refractivity contribution is -0.144. The smallest absolute Gasteiger partial charge is 0.416 e. The van der Waals surface area contributed by atoms with Gasteiger partial charge in [-0.25, -0.2) is 4.39 Å². The van der Waals surface area contributed by atoms with E-state index < -0.39 is 41.6 Å². The number of carbonyl (C=O) groups is 1. The number of hydrogen-bond donors (Lipinski definition) is 1. The van der Waals surface area contributed by atoms with Crippen LogP contribution in [0, 0.1) is 5.82 Å². The molecule has 2 N–H and O–H groups in total. The summed E-state index contributed by atoms with van der Waals surface area (Å²) >= 11 is 0. The van der Waals surface area contributed by atoms with Crippen LogP contribution in [0.15, 0.2) is 18.2 Å². The predicted octanol–water partition coefficient (Wildman–Crippen LogP) is 2.80. The highest BCUT2D eigenvalue weighted by Gasteiger charge is 2.36. The fourth-order valence-corrected chi connectivity index (χ4v) is 1.66. The van der Waals surface area contributed by atoms with Gasteiger partial charge in [-0.1, -0.05) is 6.07 Å². The van der Waals surface area contributed by atoms with Crippen molar-refractivity contribution < 1.29 is 27.1 Å². The van der Waals surface area contributed by atoms with Gasteiger partial charge in [-0.05, 0) is 19.1 Å². The number of nitrogens with two attached hydrogens (primary N) is 1. The van der Waals surface area contributed by atoms with Gasteiger partial charge >= 0.3 is 12.1 Å². The van der Waals surface area contributed by atoms with Crippen molar-refractivity contribution in [3.8, 4) is 0 Å². The Kier molecular flexibility index (Phi) is 4.88. The van der Waals surface area contributed by atoms with Gasteiger partial charge in [0.15, 0.2) is 0 Å². The quantitative estimate of drug-likeness (QED) is 0.681. The van der Waals surface area contributed by atoms with Crippen LogP contribution in [0.25, 0.3) is 0 Å². The molecule has 0 aliphatic rings. The lowest BCUT2D eigenvalue weighted by atomic mass is 9.97. The molecule has 0 saturated carbocycles. The Balaban J connectivity index is 3.08. The van der Waals surface area contributed by atoms with Crippen molar-refractivity contribution in [2.75, 3.05) is 6.61 Å². The minimum Gasteiger partial charge on any atom is -0.466 e. The first-order chi connectivity index (χ1) is 8.77. The second-order valence-electron chi connectivity index (χ2n) is 3.81. The number of esters is 1. The summed E-state index contributed by atoms with van der Waals surface area (Å²) in [6.07, 6.45) is -5.25. The van der Waals surface area contributed by atoms with Gasteiger partial charge in [0.25, 0.3) is 0 Å². The maximum absolute atomic E-state index is 13.5. The first-order valence-electron chi connectivity index (χ1n) is 5.54. The predicted molar refractivity (Wildman–Crippen MR) is 59.6 cm³/mol. The van der Waals surface area contributed by atoms with Gasteiger partial charge < -0.3 is 10.5 Å². The molecule has 0 amide bonds. The van der Waals surface area contributed by atoms with Crippen molar-refractivity contribution >= 4 is 5.97 Å². The summed E-state index contributed by atoms with van der Waals surface area (Å²) in [7, 11) is 0. The summed E-state index contributed by atoms with van der Waals surface area (Å²) < 4.78 is 56.3. The number of rotatable bonds is 4. The molecule has 19 heavy (non-hydrogen) atoms. The second-order valence-corrected chi connectivity index (χ2v) is 3.81. The van der Waals surface area contributed by atoms with Crippen molar-refractivity contribution in [3.63, 3.8) is 0 Å². The van der Waals surface area contributed by atoms with Gasteiger partial charge in [0, 0.05) is 11.6 Å². The lowest BCUT2D eigenvalue weighted by Gasteiger charge is -2.18. The highest BCUT2D eigenvalue weighted by atomic mass is 19.4. The van der Waals surface area contributed by atoms with Gasteiger partial charge in [-0.3, -0.25) is 4.79 Å². The van der Waals surface area contributed by atoms with Crippen LogP contribution >= 0.6 is 0 Å². The molecule has 1 rings (SSSR count). The summed E-state index contributed by atoms with van der Waals surface area (Å²) in [6, 6.07) is 1.13. The van der Waals surface area contributed by atoms with Crippen LogP contribution in [-0.4, -0.2) is 12.6 Å². The van der Waals surface area contributed by atoms with Gasteiger partial charge in [0.05, 0.1) is 18.6 Å². The van der Waals surface area contributed by atoms with Crippen LogP contribution < -0.4 is 5.73 Å². The van der Waals surface area contributed by atoms with E-state index >= 15 is 0 Å². The van der Waals surface area contributed by atoms with E-state index in [-0.39, 0.29) is 6.61 Å². The molecule has 1 aromatic rings. The van der Waals surface area contributed by atoms with E-state index in [0.29, 0.717) is 0 Å². The summed E-state index contributed by atoms with van der Waals surface area (Å²) in [5.74, 6) is -1.86. The molecule has 0 aliphatic heterocycles.